The minimum Gasteiger partial charge on any atom is -0.457 e. The Labute approximate surface area is 147 Å². The first-order valence-corrected chi connectivity index (χ1v) is 7.92. The maximum atomic E-state index is 7.74. The number of ether oxygens (including phenoxy) is 2. The number of para-hydroxylation sites is 1. The fourth-order valence-corrected chi connectivity index (χ4v) is 2.49. The lowest BCUT2D eigenvalue weighted by molar-refractivity contribution is 0.469. The first-order chi connectivity index (χ1) is 11.6. The lowest BCUT2D eigenvalue weighted by Gasteiger charge is -2.12. The number of rotatable bonds is 5. The molecule has 0 saturated carbocycles. The average Bonchev–Trinajstić information content (AvgIpc) is 2.57. The van der Waals surface area contributed by atoms with Gasteiger partial charge in [0.05, 0.1) is 5.56 Å². The molecule has 0 spiro atoms. The van der Waals surface area contributed by atoms with E-state index >= 15 is 0 Å². The summed E-state index contributed by atoms with van der Waals surface area (Å²) < 4.78 is 11.7. The molecule has 5 nitrogen and oxygen atoms in total. The molecule has 24 heavy (non-hydrogen) atoms. The van der Waals surface area contributed by atoms with E-state index in [9.17, 15) is 0 Å². The summed E-state index contributed by atoms with van der Waals surface area (Å²) in [6.07, 6.45) is 1.54. The monoisotopic (exact) mass is 383 g/mol. The van der Waals surface area contributed by atoms with Gasteiger partial charge in [-0.3, -0.25) is 5.41 Å². The van der Waals surface area contributed by atoms with Crippen molar-refractivity contribution in [1.82, 2.24) is 4.98 Å². The van der Waals surface area contributed by atoms with E-state index in [0.717, 1.165) is 5.75 Å². The van der Waals surface area contributed by atoms with Gasteiger partial charge in [0.1, 0.15) is 33.4 Å². The topological polar surface area (TPSA) is 81.2 Å². The zero-order valence-corrected chi connectivity index (χ0v) is 14.2. The third-order valence-electron chi connectivity index (χ3n) is 3.19. The summed E-state index contributed by atoms with van der Waals surface area (Å²) in [6, 6.07) is 18.4. The van der Waals surface area contributed by atoms with Crippen LogP contribution in [0.5, 0.6) is 23.0 Å². The molecule has 0 aliphatic carbocycles. The number of pyridine rings is 1. The first-order valence-electron chi connectivity index (χ1n) is 7.13. The third-order valence-corrected chi connectivity index (χ3v) is 3.59. The molecule has 0 aliphatic rings. The number of hydrogen-bond acceptors (Lipinski definition) is 5. The quantitative estimate of drug-likeness (QED) is 0.609. The summed E-state index contributed by atoms with van der Waals surface area (Å²) in [5.41, 5.74) is 6.22. The van der Waals surface area contributed by atoms with Crippen LogP contribution in [0.25, 0.3) is 0 Å². The van der Waals surface area contributed by atoms with Gasteiger partial charge in [-0.05, 0) is 52.3 Å². The minimum atomic E-state index is 0.118. The smallest absolute Gasteiger partial charge is 0.142 e. The summed E-state index contributed by atoms with van der Waals surface area (Å²) in [7, 11) is 0. The van der Waals surface area contributed by atoms with Crippen molar-refractivity contribution >= 4 is 26.4 Å². The Balaban J connectivity index is 1.78. The predicted octanol–water partition coefficient (Wildman–Crippen LogP) is 4.97. The van der Waals surface area contributed by atoms with Gasteiger partial charge in [-0.25, -0.2) is 4.98 Å². The number of nitrogens with zero attached hydrogens (tertiary/aromatic N) is 1. The Bertz CT molecular complexity index is 852. The minimum absolute atomic E-state index is 0.118. The summed E-state index contributed by atoms with van der Waals surface area (Å²) in [6.45, 7) is 0. The molecule has 0 amide bonds. The highest BCUT2D eigenvalue weighted by Crippen LogP contribution is 2.31. The largest absolute Gasteiger partial charge is 0.457 e. The molecule has 1 aromatic heterocycles. The van der Waals surface area contributed by atoms with Crippen molar-refractivity contribution in [3.63, 3.8) is 0 Å². The van der Waals surface area contributed by atoms with Gasteiger partial charge in [0.25, 0.3) is 0 Å². The van der Waals surface area contributed by atoms with Crippen LogP contribution in [-0.4, -0.2) is 9.60 Å². The molecule has 0 unspecified atom stereocenters. The molecule has 0 atom stereocenters. The van der Waals surface area contributed by atoms with Gasteiger partial charge < -0.3 is 15.2 Å². The van der Waals surface area contributed by atoms with Crippen LogP contribution in [0, 0.1) is 5.41 Å². The van der Waals surface area contributed by atoms with Crippen molar-refractivity contribution in [2.75, 3.05) is 5.73 Å². The predicted molar refractivity (Wildman–Crippen MR) is 97.4 cm³/mol. The number of nitrogens with one attached hydrogen (secondary N) is 1. The van der Waals surface area contributed by atoms with Crippen molar-refractivity contribution < 1.29 is 9.47 Å². The van der Waals surface area contributed by atoms with Crippen molar-refractivity contribution in [1.29, 1.82) is 5.41 Å². The number of benzene rings is 2. The Morgan fingerprint density at radius 3 is 2.08 bits per heavy atom. The van der Waals surface area contributed by atoms with Crippen LogP contribution in [0.3, 0.4) is 0 Å². The van der Waals surface area contributed by atoms with E-state index in [0.29, 0.717) is 22.8 Å². The van der Waals surface area contributed by atoms with Crippen LogP contribution in [-0.2, 0) is 0 Å². The zero-order chi connectivity index (χ0) is 16.9. The molecule has 0 fully saturated rings. The summed E-state index contributed by atoms with van der Waals surface area (Å²) in [5, 5.41) is 7.74. The fourth-order valence-electron chi connectivity index (χ4n) is 2.09. The van der Waals surface area contributed by atoms with Crippen molar-refractivity contribution in [2.45, 2.75) is 0 Å². The standard InChI is InChI=1S/C18H14BrN3O2/c19-17(20)16-15(10-11-22-18(16)21)24-14-8-6-13(7-9-14)23-12-4-2-1-3-5-12/h1-11,20H,(H2,21,22). The summed E-state index contributed by atoms with van der Waals surface area (Å²) in [5.74, 6) is 2.77. The van der Waals surface area contributed by atoms with E-state index in [1.807, 2.05) is 42.5 Å². The average molecular weight is 384 g/mol. The lowest BCUT2D eigenvalue weighted by Crippen LogP contribution is -2.02. The highest BCUT2D eigenvalue weighted by molar-refractivity contribution is 9.18. The zero-order valence-electron chi connectivity index (χ0n) is 12.6. The molecule has 3 aromatic rings. The van der Waals surface area contributed by atoms with Crippen LogP contribution in [0.15, 0.2) is 66.9 Å². The number of anilines is 1. The third kappa shape index (κ3) is 3.72. The number of nitrogen functional groups attached to an aromatic ring is 1. The van der Waals surface area contributed by atoms with Gasteiger partial charge in [0.15, 0.2) is 0 Å². The van der Waals surface area contributed by atoms with E-state index in [1.54, 1.807) is 18.2 Å². The van der Waals surface area contributed by atoms with Crippen molar-refractivity contribution in [3.05, 3.63) is 72.4 Å². The summed E-state index contributed by atoms with van der Waals surface area (Å²) >= 11 is 3.11. The van der Waals surface area contributed by atoms with Gasteiger partial charge >= 0.3 is 0 Å². The van der Waals surface area contributed by atoms with Gasteiger partial charge in [0.2, 0.25) is 0 Å². The van der Waals surface area contributed by atoms with Gasteiger partial charge in [0, 0.05) is 12.3 Å². The van der Waals surface area contributed by atoms with Gasteiger partial charge in [-0.1, -0.05) is 18.2 Å². The Hall–Kier alpha value is -2.86. The molecule has 3 N–H and O–H groups in total. The normalized spacial score (nSPS) is 10.2. The van der Waals surface area contributed by atoms with Crippen LogP contribution in [0.2, 0.25) is 0 Å². The van der Waals surface area contributed by atoms with Crippen LogP contribution < -0.4 is 15.2 Å². The molecule has 6 heteroatoms. The molecule has 3 rings (SSSR count). The van der Waals surface area contributed by atoms with Crippen LogP contribution >= 0.6 is 15.9 Å². The molecule has 0 bridgehead atoms. The van der Waals surface area contributed by atoms with E-state index < -0.39 is 0 Å². The lowest BCUT2D eigenvalue weighted by atomic mass is 10.2. The molecule has 120 valence electrons. The highest BCUT2D eigenvalue weighted by Gasteiger charge is 2.13. The Kier molecular flexibility index (Phi) is 4.77. The molecule has 2 aromatic carbocycles. The van der Waals surface area contributed by atoms with Crippen LogP contribution in [0.1, 0.15) is 5.56 Å². The van der Waals surface area contributed by atoms with Gasteiger partial charge in [-0.2, -0.15) is 0 Å². The van der Waals surface area contributed by atoms with Crippen LogP contribution in [0.4, 0.5) is 5.82 Å². The molecular weight excluding hydrogens is 370 g/mol. The van der Waals surface area contributed by atoms with E-state index in [-0.39, 0.29) is 10.4 Å². The van der Waals surface area contributed by atoms with Crippen molar-refractivity contribution in [3.8, 4) is 23.0 Å². The summed E-state index contributed by atoms with van der Waals surface area (Å²) in [4.78, 5) is 3.97. The SMILES string of the molecule is N=C(Br)c1c(Oc2ccc(Oc3ccccc3)cc2)ccnc1N. The van der Waals surface area contributed by atoms with E-state index in [2.05, 4.69) is 20.9 Å². The molecular formula is C18H14BrN3O2. The second kappa shape index (κ2) is 7.14. The number of nitrogens with two attached hydrogens (primary N) is 1. The first kappa shape index (κ1) is 16.0. The maximum absolute atomic E-state index is 7.74. The second-order valence-electron chi connectivity index (χ2n) is 4.87. The number of aromatic nitrogens is 1. The number of halogens is 1. The number of hydrogen-bond donors (Lipinski definition) is 2. The second-order valence-corrected chi connectivity index (χ2v) is 5.66. The van der Waals surface area contributed by atoms with Gasteiger partial charge in [-0.15, -0.1) is 0 Å². The fraction of sp³-hybridized carbons (Fsp3) is 0. The van der Waals surface area contributed by atoms with E-state index in [4.69, 9.17) is 20.6 Å². The Morgan fingerprint density at radius 1 is 0.875 bits per heavy atom. The highest BCUT2D eigenvalue weighted by atomic mass is 79.9. The maximum Gasteiger partial charge on any atom is 0.142 e. The molecule has 0 aliphatic heterocycles. The molecule has 0 saturated heterocycles. The molecule has 0 radical (unpaired) electrons. The van der Waals surface area contributed by atoms with E-state index in [1.165, 1.54) is 6.20 Å². The Morgan fingerprint density at radius 2 is 1.46 bits per heavy atom. The van der Waals surface area contributed by atoms with Crippen molar-refractivity contribution in [2.24, 2.45) is 0 Å². The molecule has 1 heterocycles.